The number of hydrogen-bond acceptors (Lipinski definition) is 8. The topological polar surface area (TPSA) is 273 Å². The van der Waals surface area contributed by atoms with Crippen molar-refractivity contribution in [1.29, 1.82) is 0 Å². The van der Waals surface area contributed by atoms with Gasteiger partial charge in [-0.15, -0.1) is 0 Å². The number of aliphatic imine (C=N–C) groups is 1. The van der Waals surface area contributed by atoms with E-state index in [1.807, 2.05) is 12.2 Å². The van der Waals surface area contributed by atoms with Crippen LogP contribution in [-0.4, -0.2) is 87.8 Å². The molecule has 200 valence electrons. The average Bonchev–Trinajstić information content (AvgIpc) is 2.76. The van der Waals surface area contributed by atoms with E-state index in [2.05, 4.69) is 15.6 Å². The Morgan fingerprint density at radius 2 is 1.49 bits per heavy atom. The molecule has 0 aliphatic heterocycles. The standard InChI is InChI=1S/C20H37N7O8/c1-4-9(2)14(21)17(32)25-11(6-5-7-24-20(22)23)16(31)27-15(10(3)28)18(33)26-12(19(34)35)8-13(29)30/h9-12,14-15,28H,4-8,21H2,1-3H3,(H,25,32)(H,26,33)(H,27,31)(H,29,30)(H,34,35)(H4,22,23,24). The van der Waals surface area contributed by atoms with Crippen molar-refractivity contribution < 1.29 is 39.3 Å². The Morgan fingerprint density at radius 1 is 0.914 bits per heavy atom. The Kier molecular flexibility index (Phi) is 13.9. The average molecular weight is 504 g/mol. The van der Waals surface area contributed by atoms with E-state index in [1.165, 1.54) is 6.92 Å². The maximum atomic E-state index is 12.9. The number of carbonyl (C=O) groups excluding carboxylic acids is 3. The van der Waals surface area contributed by atoms with Crippen LogP contribution in [0.25, 0.3) is 0 Å². The second-order valence-corrected chi connectivity index (χ2v) is 8.15. The first-order valence-corrected chi connectivity index (χ1v) is 11.1. The molecule has 6 atom stereocenters. The maximum absolute atomic E-state index is 12.9. The van der Waals surface area contributed by atoms with Crippen LogP contribution < -0.4 is 33.2 Å². The van der Waals surface area contributed by atoms with Crippen molar-refractivity contribution >= 4 is 35.6 Å². The summed E-state index contributed by atoms with van der Waals surface area (Å²) in [5.74, 6) is -6.01. The van der Waals surface area contributed by atoms with Crippen molar-refractivity contribution in [2.24, 2.45) is 28.1 Å². The minimum absolute atomic E-state index is 0.0481. The molecule has 0 aromatic rings. The van der Waals surface area contributed by atoms with E-state index >= 15 is 0 Å². The number of hydrogen-bond donors (Lipinski definition) is 9. The third-order valence-electron chi connectivity index (χ3n) is 5.19. The highest BCUT2D eigenvalue weighted by Crippen LogP contribution is 2.08. The zero-order valence-electron chi connectivity index (χ0n) is 20.1. The SMILES string of the molecule is CCC(C)C(N)C(=O)NC(CCCN=C(N)N)C(=O)NC(C(=O)NC(CC(=O)O)C(=O)O)C(C)O. The van der Waals surface area contributed by atoms with Gasteiger partial charge in [0.2, 0.25) is 17.7 Å². The van der Waals surface area contributed by atoms with Gasteiger partial charge in [-0.05, 0) is 25.7 Å². The van der Waals surface area contributed by atoms with E-state index in [0.717, 1.165) is 0 Å². The molecule has 0 fully saturated rings. The van der Waals surface area contributed by atoms with Crippen molar-refractivity contribution in [2.75, 3.05) is 6.54 Å². The Bertz CT molecular complexity index is 785. The summed E-state index contributed by atoms with van der Waals surface area (Å²) in [6.07, 6.45) is -1.48. The lowest BCUT2D eigenvalue weighted by molar-refractivity contribution is -0.148. The maximum Gasteiger partial charge on any atom is 0.326 e. The summed E-state index contributed by atoms with van der Waals surface area (Å²) < 4.78 is 0. The van der Waals surface area contributed by atoms with Gasteiger partial charge in [0.05, 0.1) is 18.6 Å². The highest BCUT2D eigenvalue weighted by molar-refractivity contribution is 5.95. The van der Waals surface area contributed by atoms with E-state index in [1.54, 1.807) is 6.92 Å². The molecule has 0 aromatic carbocycles. The molecule has 3 amide bonds. The van der Waals surface area contributed by atoms with Crippen LogP contribution in [0, 0.1) is 5.92 Å². The van der Waals surface area contributed by atoms with Gasteiger partial charge in [-0.25, -0.2) is 4.79 Å². The van der Waals surface area contributed by atoms with Gasteiger partial charge in [-0.3, -0.25) is 24.2 Å². The number of carboxylic acids is 2. The number of aliphatic hydroxyl groups excluding tert-OH is 1. The molecule has 15 heteroatoms. The molecule has 0 radical (unpaired) electrons. The van der Waals surface area contributed by atoms with Gasteiger partial charge in [0, 0.05) is 6.54 Å². The lowest BCUT2D eigenvalue weighted by atomic mass is 9.98. The fraction of sp³-hybridized carbons (Fsp3) is 0.700. The normalized spacial score (nSPS) is 15.9. The van der Waals surface area contributed by atoms with Crippen LogP contribution in [0.5, 0.6) is 0 Å². The monoisotopic (exact) mass is 503 g/mol. The van der Waals surface area contributed by atoms with Crippen LogP contribution in [0.15, 0.2) is 4.99 Å². The quantitative estimate of drug-likeness (QED) is 0.0574. The van der Waals surface area contributed by atoms with Crippen LogP contribution in [0.4, 0.5) is 0 Å². The molecule has 0 heterocycles. The van der Waals surface area contributed by atoms with Gasteiger partial charge < -0.3 is 48.5 Å². The molecule has 0 aromatic heterocycles. The predicted octanol–water partition coefficient (Wildman–Crippen LogP) is -3.19. The lowest BCUT2D eigenvalue weighted by Gasteiger charge is -2.27. The van der Waals surface area contributed by atoms with Gasteiger partial charge in [0.15, 0.2) is 5.96 Å². The van der Waals surface area contributed by atoms with Crippen molar-refractivity contribution in [3.8, 4) is 0 Å². The molecule has 0 spiro atoms. The van der Waals surface area contributed by atoms with Crippen molar-refractivity contribution in [1.82, 2.24) is 16.0 Å². The molecule has 12 N–H and O–H groups in total. The van der Waals surface area contributed by atoms with Gasteiger partial charge in [-0.2, -0.15) is 0 Å². The van der Waals surface area contributed by atoms with E-state index in [0.29, 0.717) is 6.42 Å². The van der Waals surface area contributed by atoms with E-state index in [4.69, 9.17) is 27.4 Å². The Hall–Kier alpha value is -3.46. The largest absolute Gasteiger partial charge is 0.481 e. The summed E-state index contributed by atoms with van der Waals surface area (Å²) in [6, 6.07) is -5.52. The van der Waals surface area contributed by atoms with Crippen LogP contribution in [0.2, 0.25) is 0 Å². The smallest absolute Gasteiger partial charge is 0.326 e. The second kappa shape index (κ2) is 15.4. The lowest BCUT2D eigenvalue weighted by Crippen LogP contribution is -2.60. The molecule has 0 aliphatic rings. The fourth-order valence-electron chi connectivity index (χ4n) is 2.85. The van der Waals surface area contributed by atoms with Gasteiger partial charge in [0.25, 0.3) is 0 Å². The summed E-state index contributed by atoms with van der Waals surface area (Å²) >= 11 is 0. The molecule has 0 rings (SSSR count). The van der Waals surface area contributed by atoms with E-state index < -0.39 is 66.4 Å². The number of amides is 3. The number of guanidine groups is 1. The minimum Gasteiger partial charge on any atom is -0.481 e. The van der Waals surface area contributed by atoms with Gasteiger partial charge in [-0.1, -0.05) is 20.3 Å². The summed E-state index contributed by atoms with van der Waals surface area (Å²) in [6.45, 7) is 4.93. The highest BCUT2D eigenvalue weighted by atomic mass is 16.4. The van der Waals surface area contributed by atoms with Crippen LogP contribution in [-0.2, 0) is 24.0 Å². The van der Waals surface area contributed by atoms with Gasteiger partial charge in [0.1, 0.15) is 18.1 Å². The zero-order valence-corrected chi connectivity index (χ0v) is 20.1. The molecular formula is C20H37N7O8. The third-order valence-corrected chi connectivity index (χ3v) is 5.19. The van der Waals surface area contributed by atoms with Crippen molar-refractivity contribution in [3.05, 3.63) is 0 Å². The first-order valence-electron chi connectivity index (χ1n) is 11.1. The fourth-order valence-corrected chi connectivity index (χ4v) is 2.85. The minimum atomic E-state index is -1.79. The van der Waals surface area contributed by atoms with Crippen molar-refractivity contribution in [3.63, 3.8) is 0 Å². The summed E-state index contributed by atoms with van der Waals surface area (Å²) in [5.41, 5.74) is 16.5. The first kappa shape index (κ1) is 31.5. The highest BCUT2D eigenvalue weighted by Gasteiger charge is 2.33. The molecular weight excluding hydrogens is 466 g/mol. The zero-order chi connectivity index (χ0) is 27.3. The van der Waals surface area contributed by atoms with Crippen LogP contribution in [0.3, 0.4) is 0 Å². The number of rotatable bonds is 16. The Morgan fingerprint density at radius 3 is 1.94 bits per heavy atom. The number of nitrogens with one attached hydrogen (secondary N) is 3. The summed E-state index contributed by atoms with van der Waals surface area (Å²) in [7, 11) is 0. The third kappa shape index (κ3) is 12.0. The number of nitrogens with two attached hydrogens (primary N) is 3. The number of carbonyl (C=O) groups is 5. The number of nitrogens with zero attached hydrogens (tertiary/aromatic N) is 1. The van der Waals surface area contributed by atoms with Crippen LogP contribution >= 0.6 is 0 Å². The molecule has 0 saturated carbocycles. The predicted molar refractivity (Wildman–Crippen MR) is 125 cm³/mol. The molecule has 35 heavy (non-hydrogen) atoms. The number of aliphatic hydroxyl groups is 1. The first-order chi connectivity index (χ1) is 16.2. The molecule has 15 nitrogen and oxygen atoms in total. The van der Waals surface area contributed by atoms with E-state index in [-0.39, 0.29) is 31.3 Å². The molecule has 6 unspecified atom stereocenters. The Balaban J connectivity index is 5.59. The summed E-state index contributed by atoms with van der Waals surface area (Å²) in [4.78, 5) is 63.9. The second-order valence-electron chi connectivity index (χ2n) is 8.15. The Labute approximate surface area is 202 Å². The summed E-state index contributed by atoms with van der Waals surface area (Å²) in [5, 5.41) is 34.7. The number of aliphatic carboxylic acids is 2. The van der Waals surface area contributed by atoms with Crippen molar-refractivity contribution in [2.45, 2.75) is 76.7 Å². The van der Waals surface area contributed by atoms with Crippen LogP contribution in [0.1, 0.15) is 46.5 Å². The molecule has 0 saturated heterocycles. The van der Waals surface area contributed by atoms with Gasteiger partial charge >= 0.3 is 11.9 Å². The van der Waals surface area contributed by atoms with E-state index in [9.17, 15) is 29.1 Å². The molecule has 0 bridgehead atoms. The molecule has 0 aliphatic carbocycles. The number of carboxylic acid groups (broad SMARTS) is 2.